The van der Waals surface area contributed by atoms with Crippen molar-refractivity contribution in [1.29, 1.82) is 0 Å². The standard InChI is InChI=1S/C30H36N8/c1-36-20-37(17-21-11-12-21)19-27-30(36)31-29(24-7-3-2-4-8-24)38(27)18-22-13-15-23(16-14-22)25-9-5-6-10-26(25)28-32-34-35-33-28/h5-6,9-10,13-16,19,21,24,29H,2-4,7-8,11-12,17-18,20H2,1H3,(H,32,33,34,35). The van der Waals surface area contributed by atoms with E-state index in [4.69, 9.17) is 4.99 Å². The maximum atomic E-state index is 5.38. The first-order valence-corrected chi connectivity index (χ1v) is 14.2. The van der Waals surface area contributed by atoms with Crippen molar-refractivity contribution >= 4 is 5.84 Å². The van der Waals surface area contributed by atoms with E-state index in [1.165, 1.54) is 62.0 Å². The van der Waals surface area contributed by atoms with E-state index in [0.717, 1.165) is 42.4 Å². The van der Waals surface area contributed by atoms with Gasteiger partial charge in [0.15, 0.2) is 5.84 Å². The third-order valence-electron chi connectivity index (χ3n) is 8.56. The molecule has 1 N–H and O–H groups in total. The van der Waals surface area contributed by atoms with Crippen molar-refractivity contribution in [2.24, 2.45) is 16.8 Å². The molecule has 38 heavy (non-hydrogen) atoms. The zero-order valence-corrected chi connectivity index (χ0v) is 22.1. The van der Waals surface area contributed by atoms with E-state index in [1.54, 1.807) is 0 Å². The lowest BCUT2D eigenvalue weighted by Crippen LogP contribution is -2.45. The lowest BCUT2D eigenvalue weighted by molar-refractivity contribution is 0.163. The van der Waals surface area contributed by atoms with Crippen molar-refractivity contribution in [1.82, 2.24) is 35.3 Å². The van der Waals surface area contributed by atoms with Gasteiger partial charge in [0, 0.05) is 31.9 Å². The molecule has 3 aromatic rings. The van der Waals surface area contributed by atoms with Gasteiger partial charge in [0.1, 0.15) is 6.17 Å². The Kier molecular flexibility index (Phi) is 6.10. The summed E-state index contributed by atoms with van der Waals surface area (Å²) in [5, 5.41) is 14.7. The number of aromatic nitrogens is 4. The number of hydrogen-bond donors (Lipinski definition) is 1. The number of nitrogens with one attached hydrogen (secondary N) is 1. The van der Waals surface area contributed by atoms with Crippen molar-refractivity contribution in [3.63, 3.8) is 0 Å². The van der Waals surface area contributed by atoms with Crippen LogP contribution in [0.4, 0.5) is 0 Å². The van der Waals surface area contributed by atoms with Crippen LogP contribution in [-0.4, -0.2) is 67.6 Å². The zero-order chi connectivity index (χ0) is 25.5. The molecule has 196 valence electrons. The summed E-state index contributed by atoms with van der Waals surface area (Å²) < 4.78 is 0. The van der Waals surface area contributed by atoms with Crippen LogP contribution in [0, 0.1) is 11.8 Å². The van der Waals surface area contributed by atoms with Gasteiger partial charge in [0.05, 0.1) is 12.4 Å². The molecule has 1 unspecified atom stereocenters. The molecule has 2 saturated carbocycles. The molecule has 1 aromatic heterocycles. The first-order chi connectivity index (χ1) is 18.7. The van der Waals surface area contributed by atoms with Crippen molar-refractivity contribution in [2.75, 3.05) is 20.3 Å². The highest BCUT2D eigenvalue weighted by Crippen LogP contribution is 2.39. The van der Waals surface area contributed by atoms with Crippen LogP contribution in [0.5, 0.6) is 0 Å². The second-order valence-electron chi connectivity index (χ2n) is 11.4. The number of nitrogens with zero attached hydrogens (tertiary/aromatic N) is 7. The monoisotopic (exact) mass is 508 g/mol. The van der Waals surface area contributed by atoms with Gasteiger partial charge in [-0.2, -0.15) is 5.21 Å². The van der Waals surface area contributed by atoms with Crippen molar-refractivity contribution < 1.29 is 0 Å². The zero-order valence-electron chi connectivity index (χ0n) is 22.1. The van der Waals surface area contributed by atoms with E-state index >= 15 is 0 Å². The fourth-order valence-electron chi connectivity index (χ4n) is 6.42. The molecule has 2 fully saturated rings. The molecule has 2 aromatic carbocycles. The van der Waals surface area contributed by atoms with Gasteiger partial charge >= 0.3 is 0 Å². The summed E-state index contributed by atoms with van der Waals surface area (Å²) >= 11 is 0. The van der Waals surface area contributed by atoms with Crippen LogP contribution in [0.1, 0.15) is 50.5 Å². The van der Waals surface area contributed by atoms with E-state index in [-0.39, 0.29) is 6.17 Å². The number of aliphatic imine (C=N–C) groups is 1. The minimum absolute atomic E-state index is 0.235. The van der Waals surface area contributed by atoms with Gasteiger partial charge in [0.2, 0.25) is 5.82 Å². The number of amidine groups is 1. The minimum atomic E-state index is 0.235. The van der Waals surface area contributed by atoms with E-state index in [9.17, 15) is 0 Å². The highest BCUT2D eigenvalue weighted by Gasteiger charge is 2.40. The molecule has 2 aliphatic heterocycles. The maximum absolute atomic E-state index is 5.38. The Labute approximate surface area is 224 Å². The predicted molar refractivity (Wildman–Crippen MR) is 149 cm³/mol. The molecular formula is C30H36N8. The molecule has 1 atom stereocenters. The second kappa shape index (κ2) is 9.89. The fourth-order valence-corrected chi connectivity index (χ4v) is 6.42. The van der Waals surface area contributed by atoms with Crippen LogP contribution in [0.15, 0.2) is 65.4 Å². The molecule has 3 heterocycles. The lowest BCUT2D eigenvalue weighted by Gasteiger charge is -2.38. The summed E-state index contributed by atoms with van der Waals surface area (Å²) in [6, 6.07) is 17.2. The summed E-state index contributed by atoms with van der Waals surface area (Å²) in [5.74, 6) is 3.30. The van der Waals surface area contributed by atoms with Gasteiger partial charge < -0.3 is 14.7 Å². The van der Waals surface area contributed by atoms with E-state index in [1.807, 2.05) is 12.1 Å². The van der Waals surface area contributed by atoms with E-state index < -0.39 is 0 Å². The van der Waals surface area contributed by atoms with Gasteiger partial charge in [-0.3, -0.25) is 0 Å². The van der Waals surface area contributed by atoms with Crippen LogP contribution < -0.4 is 0 Å². The molecule has 7 rings (SSSR count). The molecule has 0 amide bonds. The van der Waals surface area contributed by atoms with Crippen molar-refractivity contribution in [3.8, 4) is 22.5 Å². The molecule has 8 nitrogen and oxygen atoms in total. The average molecular weight is 509 g/mol. The van der Waals surface area contributed by atoms with Gasteiger partial charge in [-0.1, -0.05) is 67.8 Å². The number of rotatable bonds is 7. The Morgan fingerprint density at radius 2 is 1.71 bits per heavy atom. The highest BCUT2D eigenvalue weighted by molar-refractivity contribution is 5.99. The lowest BCUT2D eigenvalue weighted by atomic mass is 9.86. The smallest absolute Gasteiger partial charge is 0.205 e. The molecule has 0 bridgehead atoms. The van der Waals surface area contributed by atoms with Crippen LogP contribution in [0.2, 0.25) is 0 Å². The summed E-state index contributed by atoms with van der Waals surface area (Å²) in [4.78, 5) is 12.9. The number of tetrazole rings is 1. The SMILES string of the molecule is CN1CN(CC2CC2)C=C2C1=NC(C1CCCCC1)N2Cc1ccc(-c2ccccc2-c2nn[nH]n2)cc1. The number of hydrogen-bond acceptors (Lipinski definition) is 7. The normalized spacial score (nSPS) is 21.9. The molecule has 2 aliphatic carbocycles. The Hall–Kier alpha value is -3.68. The summed E-state index contributed by atoms with van der Waals surface area (Å²) in [7, 11) is 2.21. The number of fused-ring (bicyclic) bond motifs is 1. The number of aromatic amines is 1. The number of benzene rings is 2. The predicted octanol–water partition coefficient (Wildman–Crippen LogP) is 5.11. The summed E-state index contributed by atoms with van der Waals surface area (Å²) in [6.45, 7) is 2.98. The molecular weight excluding hydrogens is 472 g/mol. The van der Waals surface area contributed by atoms with Crippen molar-refractivity contribution in [3.05, 3.63) is 66.0 Å². The average Bonchev–Trinajstić information content (AvgIpc) is 3.45. The first-order valence-electron chi connectivity index (χ1n) is 14.2. The van der Waals surface area contributed by atoms with E-state index in [2.05, 4.69) is 85.0 Å². The third-order valence-corrected chi connectivity index (χ3v) is 8.56. The second-order valence-corrected chi connectivity index (χ2v) is 11.4. The molecule has 0 spiro atoms. The summed E-state index contributed by atoms with van der Waals surface area (Å²) in [5.41, 5.74) is 5.87. The van der Waals surface area contributed by atoms with Crippen LogP contribution in [-0.2, 0) is 6.54 Å². The number of likely N-dealkylation sites (N-methyl/N-ethyl adjacent to an activating group) is 1. The molecule has 0 radical (unpaired) electrons. The van der Waals surface area contributed by atoms with E-state index in [0.29, 0.717) is 11.7 Å². The van der Waals surface area contributed by atoms with Gasteiger partial charge in [-0.25, -0.2) is 4.99 Å². The van der Waals surface area contributed by atoms with Gasteiger partial charge in [-0.05, 0) is 59.4 Å². The fraction of sp³-hybridized carbons (Fsp3) is 0.467. The molecule has 4 aliphatic rings. The maximum Gasteiger partial charge on any atom is 0.205 e. The Balaban J connectivity index is 1.17. The van der Waals surface area contributed by atoms with Gasteiger partial charge in [0.25, 0.3) is 0 Å². The Morgan fingerprint density at radius 3 is 2.45 bits per heavy atom. The summed E-state index contributed by atoms with van der Waals surface area (Å²) in [6.07, 6.45) is 12.0. The molecule has 8 heteroatoms. The third kappa shape index (κ3) is 4.57. The Morgan fingerprint density at radius 1 is 0.921 bits per heavy atom. The topological polar surface area (TPSA) is 76.5 Å². The Bertz CT molecular complexity index is 1320. The minimum Gasteiger partial charge on any atom is -0.358 e. The highest BCUT2D eigenvalue weighted by atomic mass is 15.5. The quantitative estimate of drug-likeness (QED) is 0.478. The van der Waals surface area contributed by atoms with Crippen LogP contribution in [0.25, 0.3) is 22.5 Å². The first kappa shape index (κ1) is 23.4. The number of H-pyrrole nitrogens is 1. The van der Waals surface area contributed by atoms with Crippen LogP contribution >= 0.6 is 0 Å². The largest absolute Gasteiger partial charge is 0.358 e. The van der Waals surface area contributed by atoms with Gasteiger partial charge in [-0.15, -0.1) is 10.2 Å². The molecule has 0 saturated heterocycles. The van der Waals surface area contributed by atoms with Crippen LogP contribution in [0.3, 0.4) is 0 Å². The van der Waals surface area contributed by atoms with Crippen molar-refractivity contribution in [2.45, 2.75) is 57.7 Å².